The molecule has 3 aromatic rings. The first kappa shape index (κ1) is 19.6. The molecule has 6 nitrogen and oxygen atoms in total. The Balaban J connectivity index is 1.25. The summed E-state index contributed by atoms with van der Waals surface area (Å²) in [5, 5.41) is 1.21. The number of piperidine rings is 1. The fraction of sp³-hybridized carbons (Fsp3) is 0.435. The molecule has 0 radical (unpaired) electrons. The number of hydrogen-bond acceptors (Lipinski definition) is 5. The third-order valence-corrected chi connectivity index (χ3v) is 7.33. The number of fused-ring (bicyclic) bond motifs is 3. The lowest BCUT2D eigenvalue weighted by molar-refractivity contribution is -0.138. The van der Waals surface area contributed by atoms with E-state index < -0.39 is 0 Å². The number of aryl methyl sites for hydroxylation is 2. The van der Waals surface area contributed by atoms with Gasteiger partial charge < -0.3 is 14.2 Å². The van der Waals surface area contributed by atoms with E-state index in [1.54, 1.807) is 11.8 Å². The molecule has 2 aliphatic rings. The van der Waals surface area contributed by atoms with E-state index in [1.165, 1.54) is 16.5 Å². The van der Waals surface area contributed by atoms with Crippen LogP contribution in [0.25, 0.3) is 10.9 Å². The van der Waals surface area contributed by atoms with Gasteiger partial charge in [0, 0.05) is 48.3 Å². The van der Waals surface area contributed by atoms with E-state index in [0.29, 0.717) is 25.4 Å². The Morgan fingerprint density at radius 2 is 2.07 bits per heavy atom. The molecule has 1 fully saturated rings. The fourth-order valence-corrected chi connectivity index (χ4v) is 5.67. The third kappa shape index (κ3) is 3.40. The van der Waals surface area contributed by atoms with E-state index in [1.807, 2.05) is 37.2 Å². The minimum Gasteiger partial charge on any atom is -0.368 e. The van der Waals surface area contributed by atoms with Gasteiger partial charge >= 0.3 is 0 Å². The SMILES string of the molecule is Cc1ncc2c(n1)C1(CCN(C(=O)CSc3cn(C)c4ccccc34)CC1)OCC2. The minimum atomic E-state index is -0.360. The Labute approximate surface area is 180 Å². The van der Waals surface area contributed by atoms with Crippen molar-refractivity contribution in [2.45, 2.75) is 36.7 Å². The molecule has 7 heteroatoms. The van der Waals surface area contributed by atoms with Crippen LogP contribution in [0.5, 0.6) is 0 Å². The Morgan fingerprint density at radius 3 is 2.90 bits per heavy atom. The van der Waals surface area contributed by atoms with Gasteiger partial charge in [-0.25, -0.2) is 9.97 Å². The lowest BCUT2D eigenvalue weighted by Crippen LogP contribution is -2.49. The predicted octanol–water partition coefficient (Wildman–Crippen LogP) is 3.46. The molecule has 0 N–H and O–H groups in total. The minimum absolute atomic E-state index is 0.192. The highest BCUT2D eigenvalue weighted by molar-refractivity contribution is 8.00. The highest BCUT2D eigenvalue weighted by Gasteiger charge is 2.43. The number of amides is 1. The van der Waals surface area contributed by atoms with Gasteiger partial charge in [0.15, 0.2) is 0 Å². The Morgan fingerprint density at radius 1 is 1.27 bits per heavy atom. The molecular formula is C23H26N4O2S. The standard InChI is InChI=1S/C23H26N4O2S/c1-16-24-13-17-7-12-29-23(22(17)25-16)8-10-27(11-9-23)21(28)15-30-20-14-26(2)19-6-4-3-5-18(19)20/h3-6,13-14H,7-12,15H2,1-2H3. The van der Waals surface area contributed by atoms with Crippen LogP contribution in [0.15, 0.2) is 41.6 Å². The molecule has 2 aliphatic heterocycles. The molecule has 1 amide bonds. The summed E-state index contributed by atoms with van der Waals surface area (Å²) in [4.78, 5) is 25.1. The summed E-state index contributed by atoms with van der Waals surface area (Å²) in [6.07, 6.45) is 6.51. The van der Waals surface area contributed by atoms with Crippen molar-refractivity contribution < 1.29 is 9.53 Å². The van der Waals surface area contributed by atoms with Gasteiger partial charge in [-0.05, 0) is 37.8 Å². The van der Waals surface area contributed by atoms with Crippen molar-refractivity contribution in [1.29, 1.82) is 0 Å². The summed E-state index contributed by atoms with van der Waals surface area (Å²) in [6, 6.07) is 8.32. The number of aromatic nitrogens is 3. The lowest BCUT2D eigenvalue weighted by atomic mass is 9.83. The Bertz CT molecular complexity index is 1100. The summed E-state index contributed by atoms with van der Waals surface area (Å²) in [7, 11) is 2.05. The first-order valence-corrected chi connectivity index (χ1v) is 11.5. The van der Waals surface area contributed by atoms with Gasteiger partial charge in [-0.15, -0.1) is 11.8 Å². The molecule has 30 heavy (non-hydrogen) atoms. The maximum Gasteiger partial charge on any atom is 0.232 e. The number of thioether (sulfide) groups is 1. The Kier molecular flexibility index (Phi) is 5.03. The summed E-state index contributed by atoms with van der Waals surface area (Å²) in [6.45, 7) is 4.03. The van der Waals surface area contributed by atoms with Gasteiger partial charge in [-0.1, -0.05) is 18.2 Å². The van der Waals surface area contributed by atoms with Crippen molar-refractivity contribution in [3.8, 4) is 0 Å². The van der Waals surface area contributed by atoms with Crippen molar-refractivity contribution >= 4 is 28.6 Å². The molecule has 0 atom stereocenters. The van der Waals surface area contributed by atoms with Crippen LogP contribution in [0.1, 0.15) is 29.9 Å². The number of likely N-dealkylation sites (tertiary alicyclic amines) is 1. The molecule has 5 rings (SSSR count). The zero-order chi connectivity index (χ0) is 20.7. The number of rotatable bonds is 3. The molecule has 2 aromatic heterocycles. The van der Waals surface area contributed by atoms with Crippen LogP contribution in [0.2, 0.25) is 0 Å². The van der Waals surface area contributed by atoms with E-state index in [9.17, 15) is 4.79 Å². The van der Waals surface area contributed by atoms with Crippen molar-refractivity contribution in [1.82, 2.24) is 19.4 Å². The van der Waals surface area contributed by atoms with E-state index in [0.717, 1.165) is 35.7 Å². The van der Waals surface area contributed by atoms with Crippen molar-refractivity contribution in [3.05, 3.63) is 53.7 Å². The Hall–Kier alpha value is -2.38. The monoisotopic (exact) mass is 422 g/mol. The zero-order valence-electron chi connectivity index (χ0n) is 17.4. The zero-order valence-corrected chi connectivity index (χ0v) is 18.2. The van der Waals surface area contributed by atoms with E-state index >= 15 is 0 Å². The number of hydrogen-bond donors (Lipinski definition) is 0. The quantitative estimate of drug-likeness (QED) is 0.605. The summed E-state index contributed by atoms with van der Waals surface area (Å²) in [5.74, 6) is 1.43. The molecule has 156 valence electrons. The van der Waals surface area contributed by atoms with Gasteiger partial charge in [-0.2, -0.15) is 0 Å². The van der Waals surface area contributed by atoms with Crippen molar-refractivity contribution in [2.24, 2.45) is 7.05 Å². The average Bonchev–Trinajstić information content (AvgIpc) is 3.09. The second-order valence-corrected chi connectivity index (χ2v) is 9.19. The van der Waals surface area contributed by atoms with Gasteiger partial charge in [-0.3, -0.25) is 4.79 Å². The van der Waals surface area contributed by atoms with E-state index in [4.69, 9.17) is 9.72 Å². The van der Waals surface area contributed by atoms with Gasteiger partial charge in [0.05, 0.1) is 18.1 Å². The second-order valence-electron chi connectivity index (χ2n) is 8.17. The van der Waals surface area contributed by atoms with Crippen LogP contribution in [0, 0.1) is 6.92 Å². The highest BCUT2D eigenvalue weighted by Crippen LogP contribution is 2.40. The van der Waals surface area contributed by atoms with Crippen molar-refractivity contribution in [2.75, 3.05) is 25.4 Å². The normalized spacial score (nSPS) is 18.0. The molecule has 0 unspecified atom stereocenters. The van der Waals surface area contributed by atoms with Crippen LogP contribution < -0.4 is 0 Å². The average molecular weight is 423 g/mol. The molecule has 1 aromatic carbocycles. The van der Waals surface area contributed by atoms with Gasteiger partial charge in [0.2, 0.25) is 5.91 Å². The summed E-state index contributed by atoms with van der Waals surface area (Å²) in [5.41, 5.74) is 3.07. The number of para-hydroxylation sites is 1. The van der Waals surface area contributed by atoms with Crippen LogP contribution in [0.3, 0.4) is 0 Å². The number of nitrogens with zero attached hydrogens (tertiary/aromatic N) is 4. The topological polar surface area (TPSA) is 60.2 Å². The van der Waals surface area contributed by atoms with Gasteiger partial charge in [0.1, 0.15) is 11.4 Å². The summed E-state index contributed by atoms with van der Waals surface area (Å²) >= 11 is 1.63. The molecule has 4 heterocycles. The lowest BCUT2D eigenvalue weighted by Gasteiger charge is -2.44. The summed E-state index contributed by atoms with van der Waals surface area (Å²) < 4.78 is 8.38. The predicted molar refractivity (Wildman–Crippen MR) is 118 cm³/mol. The highest BCUT2D eigenvalue weighted by atomic mass is 32.2. The smallest absolute Gasteiger partial charge is 0.232 e. The number of carbonyl (C=O) groups excluding carboxylic acids is 1. The maximum atomic E-state index is 12.9. The maximum absolute atomic E-state index is 12.9. The fourth-order valence-electron chi connectivity index (χ4n) is 4.65. The number of carbonyl (C=O) groups is 1. The third-order valence-electron chi connectivity index (χ3n) is 6.30. The largest absolute Gasteiger partial charge is 0.368 e. The molecule has 1 spiro atoms. The first-order valence-electron chi connectivity index (χ1n) is 10.5. The van der Waals surface area contributed by atoms with E-state index in [2.05, 4.69) is 27.9 Å². The number of benzene rings is 1. The van der Waals surface area contributed by atoms with Crippen molar-refractivity contribution in [3.63, 3.8) is 0 Å². The first-order chi connectivity index (χ1) is 14.6. The van der Waals surface area contributed by atoms with Crippen LogP contribution >= 0.6 is 11.8 Å². The molecule has 0 aliphatic carbocycles. The molecule has 1 saturated heterocycles. The van der Waals surface area contributed by atoms with Crippen LogP contribution in [0.4, 0.5) is 0 Å². The van der Waals surface area contributed by atoms with Gasteiger partial charge in [0.25, 0.3) is 0 Å². The molecule has 0 bridgehead atoms. The molecule has 0 saturated carbocycles. The second kappa shape index (κ2) is 7.71. The van der Waals surface area contributed by atoms with E-state index in [-0.39, 0.29) is 11.5 Å². The molecular weight excluding hydrogens is 396 g/mol. The van der Waals surface area contributed by atoms with Crippen LogP contribution in [-0.4, -0.2) is 50.8 Å². The number of ether oxygens (including phenoxy) is 1. The van der Waals surface area contributed by atoms with Crippen LogP contribution in [-0.2, 0) is 28.6 Å².